The van der Waals surface area contributed by atoms with E-state index in [2.05, 4.69) is 10.2 Å². The first kappa shape index (κ1) is 23.0. The van der Waals surface area contributed by atoms with Gasteiger partial charge in [-0.3, -0.25) is 14.5 Å². The summed E-state index contributed by atoms with van der Waals surface area (Å²) in [6, 6.07) is 15.7. The van der Waals surface area contributed by atoms with Gasteiger partial charge in [0.25, 0.3) is 5.91 Å². The molecule has 0 spiro atoms. The van der Waals surface area contributed by atoms with E-state index in [0.29, 0.717) is 15.7 Å². The van der Waals surface area contributed by atoms with E-state index < -0.39 is 23.5 Å². The summed E-state index contributed by atoms with van der Waals surface area (Å²) in [5.41, 5.74) is 2.48. The van der Waals surface area contributed by atoms with Crippen molar-refractivity contribution in [3.8, 4) is 0 Å². The number of aliphatic hydroxyl groups excluding tert-OH is 1. The highest BCUT2D eigenvalue weighted by Crippen LogP contribution is 2.44. The molecule has 0 saturated heterocycles. The molecule has 0 bridgehead atoms. The maximum absolute atomic E-state index is 13.2. The van der Waals surface area contributed by atoms with Crippen LogP contribution in [0.3, 0.4) is 0 Å². The van der Waals surface area contributed by atoms with Crippen molar-refractivity contribution in [1.82, 2.24) is 10.2 Å². The first-order chi connectivity index (χ1) is 16.9. The van der Waals surface area contributed by atoms with Gasteiger partial charge in [0.05, 0.1) is 17.9 Å². The van der Waals surface area contributed by atoms with Crippen LogP contribution in [-0.2, 0) is 10.5 Å². The molecule has 1 amide bonds. The quantitative estimate of drug-likeness (QED) is 0.196. The summed E-state index contributed by atoms with van der Waals surface area (Å²) < 4.78 is 19.0. The monoisotopic (exact) mass is 507 g/mol. The normalized spacial score (nSPS) is 15.8. The van der Waals surface area contributed by atoms with Gasteiger partial charge in [-0.25, -0.2) is 4.39 Å². The largest absolute Gasteiger partial charge is 0.503 e. The Hall–Kier alpha value is -3.76. The lowest BCUT2D eigenvalue weighted by Gasteiger charge is -2.23. The number of rotatable bonds is 7. The molecule has 2 aromatic heterocycles. The molecule has 7 nitrogen and oxygen atoms in total. The number of thioether (sulfide) groups is 1. The van der Waals surface area contributed by atoms with Gasteiger partial charge in [-0.1, -0.05) is 65.1 Å². The van der Waals surface area contributed by atoms with Crippen LogP contribution in [0, 0.1) is 12.7 Å². The molecule has 2 aromatic carbocycles. The molecule has 35 heavy (non-hydrogen) atoms. The van der Waals surface area contributed by atoms with Gasteiger partial charge in [0, 0.05) is 5.75 Å². The summed E-state index contributed by atoms with van der Waals surface area (Å²) in [6.45, 7) is 1.93. The molecule has 0 aliphatic carbocycles. The van der Waals surface area contributed by atoms with E-state index in [1.165, 1.54) is 52.5 Å². The number of furan rings is 1. The number of aryl methyl sites for hydroxylation is 1. The fourth-order valence-electron chi connectivity index (χ4n) is 3.72. The van der Waals surface area contributed by atoms with Crippen molar-refractivity contribution in [3.63, 3.8) is 0 Å². The van der Waals surface area contributed by atoms with Gasteiger partial charge in [0.1, 0.15) is 5.82 Å². The maximum Gasteiger partial charge on any atom is 0.296 e. The molecule has 1 unspecified atom stereocenters. The van der Waals surface area contributed by atoms with Crippen LogP contribution in [0.25, 0.3) is 0 Å². The molecule has 1 aliphatic rings. The number of ketones is 1. The SMILES string of the molecule is Cc1ccc(C2C(C(=O)c3ccco3)=C(O)C(=O)N2c2nnc(SCc3ccc(F)cc3)s2)cc1. The van der Waals surface area contributed by atoms with Crippen molar-refractivity contribution >= 4 is 39.9 Å². The molecule has 5 rings (SSSR count). The molecule has 0 saturated carbocycles. The predicted molar refractivity (Wildman–Crippen MR) is 130 cm³/mol. The molecule has 1 atom stereocenters. The smallest absolute Gasteiger partial charge is 0.296 e. The van der Waals surface area contributed by atoms with E-state index in [1.807, 2.05) is 19.1 Å². The van der Waals surface area contributed by atoms with Gasteiger partial charge < -0.3 is 9.52 Å². The minimum atomic E-state index is -0.899. The summed E-state index contributed by atoms with van der Waals surface area (Å²) in [5.74, 6) is -1.71. The molecular formula is C25H18FN3O4S2. The van der Waals surface area contributed by atoms with Crippen LogP contribution in [0.5, 0.6) is 0 Å². The first-order valence-corrected chi connectivity index (χ1v) is 12.3. The summed E-state index contributed by atoms with van der Waals surface area (Å²) in [5, 5.41) is 19.4. The number of halogens is 1. The Kier molecular flexibility index (Phi) is 6.23. The number of anilines is 1. The number of Topliss-reactive ketones (excluding diaryl/α,β-unsaturated/α-hetero) is 1. The van der Waals surface area contributed by atoms with Crippen LogP contribution in [-0.4, -0.2) is 27.0 Å². The fraction of sp³-hybridized carbons (Fsp3) is 0.120. The van der Waals surface area contributed by atoms with Crippen molar-refractivity contribution in [2.75, 3.05) is 4.90 Å². The van der Waals surface area contributed by atoms with E-state index >= 15 is 0 Å². The van der Waals surface area contributed by atoms with E-state index in [1.54, 1.807) is 30.3 Å². The molecule has 0 radical (unpaired) electrons. The second kappa shape index (κ2) is 9.47. The Morgan fingerprint density at radius 1 is 1.14 bits per heavy atom. The molecule has 10 heteroatoms. The van der Waals surface area contributed by atoms with Crippen LogP contribution >= 0.6 is 23.1 Å². The Bertz CT molecular complexity index is 1410. The Labute approximate surface area is 207 Å². The van der Waals surface area contributed by atoms with Crippen molar-refractivity contribution in [2.45, 2.75) is 23.1 Å². The third-order valence-electron chi connectivity index (χ3n) is 5.47. The summed E-state index contributed by atoms with van der Waals surface area (Å²) in [7, 11) is 0. The highest BCUT2D eigenvalue weighted by atomic mass is 32.2. The third kappa shape index (κ3) is 4.50. The predicted octanol–water partition coefficient (Wildman–Crippen LogP) is 5.65. The van der Waals surface area contributed by atoms with E-state index in [0.717, 1.165) is 11.1 Å². The summed E-state index contributed by atoms with van der Waals surface area (Å²) in [6.07, 6.45) is 1.36. The zero-order chi connectivity index (χ0) is 24.5. The highest BCUT2D eigenvalue weighted by molar-refractivity contribution is 8.00. The molecule has 1 aliphatic heterocycles. The van der Waals surface area contributed by atoms with Gasteiger partial charge in [-0.2, -0.15) is 0 Å². The Morgan fingerprint density at radius 2 is 1.89 bits per heavy atom. The third-order valence-corrected chi connectivity index (χ3v) is 7.60. The number of aliphatic hydroxyl groups is 1. The number of benzene rings is 2. The van der Waals surface area contributed by atoms with Crippen LogP contribution in [0.1, 0.15) is 33.3 Å². The molecule has 4 aromatic rings. The van der Waals surface area contributed by atoms with Gasteiger partial charge in [-0.15, -0.1) is 10.2 Å². The average molecular weight is 508 g/mol. The lowest BCUT2D eigenvalue weighted by molar-refractivity contribution is -0.117. The standard InChI is InChI=1S/C25H18FN3O4S2/c1-14-4-8-16(9-5-14)20-19(21(30)18-3-2-12-33-18)22(31)23(32)29(20)24-27-28-25(35-24)34-13-15-6-10-17(26)11-7-15/h2-12,20,31H,13H2,1H3. The van der Waals surface area contributed by atoms with Gasteiger partial charge in [0.15, 0.2) is 15.9 Å². The van der Waals surface area contributed by atoms with Gasteiger partial charge in [0.2, 0.25) is 10.9 Å². The topological polar surface area (TPSA) is 96.5 Å². The van der Waals surface area contributed by atoms with Crippen LogP contribution in [0.15, 0.2) is 87.0 Å². The number of amides is 1. The summed E-state index contributed by atoms with van der Waals surface area (Å²) in [4.78, 5) is 27.7. The number of hydrogen-bond donors (Lipinski definition) is 1. The molecule has 1 N–H and O–H groups in total. The number of nitrogens with zero attached hydrogens (tertiary/aromatic N) is 3. The second-order valence-corrected chi connectivity index (χ2v) is 10.0. The fourth-order valence-corrected chi connectivity index (χ4v) is 5.55. The minimum absolute atomic E-state index is 0.0196. The Balaban J connectivity index is 1.48. The average Bonchev–Trinajstić information content (AvgIpc) is 3.60. The van der Waals surface area contributed by atoms with Crippen LogP contribution in [0.2, 0.25) is 0 Å². The molecule has 176 valence electrons. The van der Waals surface area contributed by atoms with Crippen molar-refractivity contribution in [3.05, 3.63) is 107 Å². The minimum Gasteiger partial charge on any atom is -0.503 e. The maximum atomic E-state index is 13.2. The lowest BCUT2D eigenvalue weighted by Crippen LogP contribution is -2.31. The van der Waals surface area contributed by atoms with Crippen molar-refractivity contribution < 1.29 is 23.5 Å². The lowest BCUT2D eigenvalue weighted by atomic mass is 9.95. The highest BCUT2D eigenvalue weighted by Gasteiger charge is 2.46. The van der Waals surface area contributed by atoms with E-state index in [4.69, 9.17) is 4.42 Å². The summed E-state index contributed by atoms with van der Waals surface area (Å²) >= 11 is 2.56. The van der Waals surface area contributed by atoms with Crippen molar-refractivity contribution in [1.29, 1.82) is 0 Å². The van der Waals surface area contributed by atoms with Crippen molar-refractivity contribution in [2.24, 2.45) is 0 Å². The number of carbonyl (C=O) groups is 2. The van der Waals surface area contributed by atoms with Gasteiger partial charge >= 0.3 is 0 Å². The van der Waals surface area contributed by atoms with Crippen LogP contribution < -0.4 is 4.90 Å². The molecule has 0 fully saturated rings. The van der Waals surface area contributed by atoms with E-state index in [9.17, 15) is 19.1 Å². The number of aromatic nitrogens is 2. The molecular weight excluding hydrogens is 489 g/mol. The molecule has 3 heterocycles. The van der Waals surface area contributed by atoms with Gasteiger partial charge in [-0.05, 0) is 42.3 Å². The Morgan fingerprint density at radius 3 is 2.57 bits per heavy atom. The van der Waals surface area contributed by atoms with Crippen LogP contribution in [0.4, 0.5) is 9.52 Å². The van der Waals surface area contributed by atoms with E-state index in [-0.39, 0.29) is 22.3 Å². The zero-order valence-electron chi connectivity index (χ0n) is 18.3. The second-order valence-electron chi connectivity index (χ2n) is 7.82. The number of carbonyl (C=O) groups excluding carboxylic acids is 2. The zero-order valence-corrected chi connectivity index (χ0v) is 20.0. The number of hydrogen-bond acceptors (Lipinski definition) is 8. The first-order valence-electron chi connectivity index (χ1n) is 10.5.